The summed E-state index contributed by atoms with van der Waals surface area (Å²) >= 11 is 0. The molecule has 0 aromatic heterocycles. The highest BCUT2D eigenvalue weighted by atomic mass is 32.2. The number of carbonyl (C=O) groups is 1. The Morgan fingerprint density at radius 1 is 0.769 bits per heavy atom. The Balaban J connectivity index is 1.58. The van der Waals surface area contributed by atoms with Crippen LogP contribution in [0.1, 0.15) is 6.92 Å². The van der Waals surface area contributed by atoms with Gasteiger partial charge in [0, 0.05) is 16.6 Å². The first-order chi connectivity index (χ1) is 19.0. The van der Waals surface area contributed by atoms with E-state index in [1.807, 2.05) is 73.7 Å². The highest BCUT2D eigenvalue weighted by Crippen LogP contribution is 2.35. The highest BCUT2D eigenvalue weighted by molar-refractivity contribution is 7.93. The quantitative estimate of drug-likeness (QED) is 0.226. The van der Waals surface area contributed by atoms with Crippen LogP contribution in [0.5, 0.6) is 5.75 Å². The first-order valence-electron chi connectivity index (χ1n) is 12.6. The summed E-state index contributed by atoms with van der Waals surface area (Å²) in [6.07, 6.45) is 0. The van der Waals surface area contributed by atoms with Gasteiger partial charge in [-0.2, -0.15) is 0 Å². The van der Waals surface area contributed by atoms with E-state index in [0.717, 1.165) is 10.9 Å². The van der Waals surface area contributed by atoms with Crippen LogP contribution in [0.15, 0.2) is 126 Å². The van der Waals surface area contributed by atoms with Crippen LogP contribution in [0.2, 0.25) is 0 Å². The van der Waals surface area contributed by atoms with Crippen LogP contribution in [0.4, 0.5) is 11.4 Å². The molecule has 0 heterocycles. The van der Waals surface area contributed by atoms with Gasteiger partial charge in [0.2, 0.25) is 5.91 Å². The van der Waals surface area contributed by atoms with E-state index in [1.54, 1.807) is 54.6 Å². The Hall–Kier alpha value is -4.62. The van der Waals surface area contributed by atoms with E-state index in [9.17, 15) is 13.2 Å². The zero-order valence-corrected chi connectivity index (χ0v) is 22.3. The molecule has 0 aliphatic heterocycles. The molecule has 0 fully saturated rings. The van der Waals surface area contributed by atoms with Gasteiger partial charge >= 0.3 is 0 Å². The number of nitrogens with one attached hydrogen (secondary N) is 1. The van der Waals surface area contributed by atoms with E-state index in [1.165, 1.54) is 4.31 Å². The van der Waals surface area contributed by atoms with Crippen molar-refractivity contribution in [3.63, 3.8) is 0 Å². The fourth-order valence-electron chi connectivity index (χ4n) is 4.52. The molecule has 5 rings (SSSR count). The van der Waals surface area contributed by atoms with Gasteiger partial charge in [0.15, 0.2) is 0 Å². The second-order valence-corrected chi connectivity index (χ2v) is 10.7. The molecule has 0 saturated heterocycles. The minimum Gasteiger partial charge on any atom is -0.494 e. The summed E-state index contributed by atoms with van der Waals surface area (Å²) in [7, 11) is -4.16. The number of rotatable bonds is 9. The molecule has 0 atom stereocenters. The second-order valence-electron chi connectivity index (χ2n) is 8.88. The number of ether oxygens (including phenoxy) is 1. The van der Waals surface area contributed by atoms with Crippen molar-refractivity contribution in [2.75, 3.05) is 22.8 Å². The van der Waals surface area contributed by atoms with Gasteiger partial charge in [0.1, 0.15) is 12.3 Å². The second kappa shape index (κ2) is 11.4. The van der Waals surface area contributed by atoms with Gasteiger partial charge in [-0.05, 0) is 54.3 Å². The Kier molecular flexibility index (Phi) is 7.61. The molecule has 5 aromatic rings. The number of carbonyl (C=O) groups excluding carboxylic acids is 1. The highest BCUT2D eigenvalue weighted by Gasteiger charge is 2.30. The van der Waals surface area contributed by atoms with Crippen LogP contribution in [-0.2, 0) is 14.8 Å². The first-order valence-corrected chi connectivity index (χ1v) is 14.1. The van der Waals surface area contributed by atoms with E-state index in [-0.39, 0.29) is 4.90 Å². The lowest BCUT2D eigenvalue weighted by Gasteiger charge is -2.27. The maximum absolute atomic E-state index is 14.4. The van der Waals surface area contributed by atoms with Crippen LogP contribution < -0.4 is 14.4 Å². The first kappa shape index (κ1) is 26.0. The molecule has 196 valence electrons. The molecular weight excluding hydrogens is 508 g/mol. The van der Waals surface area contributed by atoms with Crippen molar-refractivity contribution in [3.05, 3.63) is 121 Å². The number of fused-ring (bicyclic) bond motifs is 1. The zero-order valence-electron chi connectivity index (χ0n) is 21.4. The third-order valence-electron chi connectivity index (χ3n) is 6.31. The van der Waals surface area contributed by atoms with Gasteiger partial charge in [0.05, 0.1) is 17.2 Å². The lowest BCUT2D eigenvalue weighted by atomic mass is 10.0. The zero-order chi connectivity index (χ0) is 27.2. The summed E-state index contributed by atoms with van der Waals surface area (Å²) in [5, 5.41) is 4.22. The SMILES string of the molecule is CCOc1ccc(NC(=O)CN(c2ccccc2-c2ccccc2)S(=O)(=O)c2cccc3ccccc23)cc1. The molecule has 0 aliphatic carbocycles. The van der Waals surface area contributed by atoms with Gasteiger partial charge in [0.25, 0.3) is 10.0 Å². The molecule has 0 spiro atoms. The number of benzene rings is 5. The van der Waals surface area contributed by atoms with E-state index in [0.29, 0.717) is 34.7 Å². The Morgan fingerprint density at radius 3 is 2.21 bits per heavy atom. The van der Waals surface area contributed by atoms with E-state index >= 15 is 0 Å². The third-order valence-corrected chi connectivity index (χ3v) is 8.13. The molecule has 0 bridgehead atoms. The maximum Gasteiger partial charge on any atom is 0.265 e. The molecule has 39 heavy (non-hydrogen) atoms. The number of hydrogen-bond acceptors (Lipinski definition) is 4. The van der Waals surface area contributed by atoms with E-state index in [4.69, 9.17) is 4.74 Å². The van der Waals surface area contributed by atoms with Crippen molar-refractivity contribution in [3.8, 4) is 16.9 Å². The van der Waals surface area contributed by atoms with Crippen LogP contribution >= 0.6 is 0 Å². The van der Waals surface area contributed by atoms with Crippen molar-refractivity contribution >= 4 is 38.1 Å². The molecule has 0 radical (unpaired) electrons. The fourth-order valence-corrected chi connectivity index (χ4v) is 6.18. The number of anilines is 2. The van der Waals surface area contributed by atoms with E-state index in [2.05, 4.69) is 5.32 Å². The van der Waals surface area contributed by atoms with Gasteiger partial charge < -0.3 is 10.1 Å². The number of nitrogens with zero attached hydrogens (tertiary/aromatic N) is 1. The van der Waals surface area contributed by atoms with E-state index < -0.39 is 22.5 Å². The van der Waals surface area contributed by atoms with Crippen LogP contribution in [-0.4, -0.2) is 27.5 Å². The average Bonchev–Trinajstić information content (AvgIpc) is 2.97. The van der Waals surface area contributed by atoms with Crippen molar-refractivity contribution in [2.24, 2.45) is 0 Å². The summed E-state index contributed by atoms with van der Waals surface area (Å²) in [5.41, 5.74) is 2.51. The van der Waals surface area contributed by atoms with Gasteiger partial charge in [-0.25, -0.2) is 8.42 Å². The molecule has 0 saturated carbocycles. The molecule has 0 aliphatic rings. The minimum atomic E-state index is -4.16. The van der Waals surface area contributed by atoms with Crippen molar-refractivity contribution in [2.45, 2.75) is 11.8 Å². The topological polar surface area (TPSA) is 75.7 Å². The molecule has 5 aromatic carbocycles. The Bertz CT molecular complexity index is 1700. The predicted octanol–water partition coefficient (Wildman–Crippen LogP) is 6.74. The average molecular weight is 537 g/mol. The predicted molar refractivity (Wildman–Crippen MR) is 157 cm³/mol. The summed E-state index contributed by atoms with van der Waals surface area (Å²) in [6.45, 7) is 2.02. The van der Waals surface area contributed by atoms with Gasteiger partial charge in [-0.3, -0.25) is 9.10 Å². The van der Waals surface area contributed by atoms with Crippen molar-refractivity contribution < 1.29 is 17.9 Å². The van der Waals surface area contributed by atoms with Crippen LogP contribution in [0.3, 0.4) is 0 Å². The van der Waals surface area contributed by atoms with Crippen LogP contribution in [0.25, 0.3) is 21.9 Å². The van der Waals surface area contributed by atoms with Crippen molar-refractivity contribution in [1.82, 2.24) is 0 Å². The smallest absolute Gasteiger partial charge is 0.265 e. The summed E-state index contributed by atoms with van der Waals surface area (Å²) in [4.78, 5) is 13.5. The molecule has 0 unspecified atom stereocenters. The molecule has 6 nitrogen and oxygen atoms in total. The fraction of sp³-hybridized carbons (Fsp3) is 0.0938. The Labute approximate surface area is 228 Å². The van der Waals surface area contributed by atoms with Gasteiger partial charge in [-0.15, -0.1) is 0 Å². The van der Waals surface area contributed by atoms with Crippen LogP contribution in [0, 0.1) is 0 Å². The number of amides is 1. The normalized spacial score (nSPS) is 11.2. The molecule has 1 amide bonds. The van der Waals surface area contributed by atoms with Crippen molar-refractivity contribution in [1.29, 1.82) is 0 Å². The number of hydrogen-bond donors (Lipinski definition) is 1. The minimum absolute atomic E-state index is 0.136. The molecule has 7 heteroatoms. The summed E-state index contributed by atoms with van der Waals surface area (Å²) in [6, 6.07) is 36.2. The summed E-state index contributed by atoms with van der Waals surface area (Å²) < 4.78 is 35.4. The standard InChI is InChI=1S/C32H28N2O4S/c1-2-38-27-21-19-26(20-22-27)33-32(35)23-34(30-17-9-8-15-28(30)24-11-4-3-5-12-24)39(36,37)31-18-10-14-25-13-6-7-16-29(25)31/h3-22H,2,23H2,1H3,(H,33,35). The lowest BCUT2D eigenvalue weighted by Crippen LogP contribution is -2.38. The number of sulfonamides is 1. The van der Waals surface area contributed by atoms with Gasteiger partial charge in [-0.1, -0.05) is 84.9 Å². The summed E-state index contributed by atoms with van der Waals surface area (Å²) in [5.74, 6) is 0.221. The lowest BCUT2D eigenvalue weighted by molar-refractivity contribution is -0.114. The molecule has 1 N–H and O–H groups in total. The number of para-hydroxylation sites is 1. The largest absolute Gasteiger partial charge is 0.494 e. The maximum atomic E-state index is 14.4. The monoisotopic (exact) mass is 536 g/mol. The molecular formula is C32H28N2O4S. The Morgan fingerprint density at radius 2 is 1.44 bits per heavy atom. The third kappa shape index (κ3) is 5.63.